The molecule has 3 aromatic rings. The number of aromatic nitrogens is 3. The first-order valence-electron chi connectivity index (χ1n) is 7.01. The normalized spacial score (nSPS) is 10.2. The van der Waals surface area contributed by atoms with Gasteiger partial charge in [0.15, 0.2) is 11.4 Å². The predicted molar refractivity (Wildman–Crippen MR) is 84.4 cm³/mol. The van der Waals surface area contributed by atoms with E-state index in [0.29, 0.717) is 5.69 Å². The van der Waals surface area contributed by atoms with Crippen LogP contribution in [0, 0.1) is 0 Å². The lowest BCUT2D eigenvalue weighted by Gasteiger charge is -2.05. The highest BCUT2D eigenvalue weighted by atomic mass is 16.3. The summed E-state index contributed by atoms with van der Waals surface area (Å²) in [5.41, 5.74) is 5.03. The summed E-state index contributed by atoms with van der Waals surface area (Å²) in [5, 5.41) is 13.9. The Labute approximate surface area is 136 Å². The summed E-state index contributed by atoms with van der Waals surface area (Å²) in [6.07, 6.45) is 2.77. The summed E-state index contributed by atoms with van der Waals surface area (Å²) in [7, 11) is 0. The molecule has 0 atom stereocenters. The molecule has 0 saturated carbocycles. The molecule has 1 aromatic carbocycles. The van der Waals surface area contributed by atoms with Gasteiger partial charge in [-0.25, -0.2) is 4.68 Å². The van der Waals surface area contributed by atoms with Gasteiger partial charge < -0.3 is 5.11 Å². The van der Waals surface area contributed by atoms with Gasteiger partial charge in [-0.15, -0.1) is 0 Å². The molecule has 0 saturated heterocycles. The van der Waals surface area contributed by atoms with Crippen LogP contribution >= 0.6 is 0 Å². The van der Waals surface area contributed by atoms with Crippen LogP contribution in [-0.2, 0) is 0 Å². The van der Waals surface area contributed by atoms with Gasteiger partial charge in [0.2, 0.25) is 0 Å². The minimum absolute atomic E-state index is 0.150. The Morgan fingerprint density at radius 2 is 1.67 bits per heavy atom. The van der Waals surface area contributed by atoms with E-state index in [4.69, 9.17) is 0 Å². The molecule has 0 aliphatic rings. The lowest BCUT2D eigenvalue weighted by atomic mass is 10.3. The van der Waals surface area contributed by atoms with Crippen molar-refractivity contribution in [3.8, 4) is 11.4 Å². The van der Waals surface area contributed by atoms with Crippen LogP contribution in [0.3, 0.4) is 0 Å². The highest BCUT2D eigenvalue weighted by Crippen LogP contribution is 2.17. The van der Waals surface area contributed by atoms with Crippen LogP contribution in [0.2, 0.25) is 0 Å². The quantitative estimate of drug-likeness (QED) is 0.624. The number of amides is 2. The second-order valence-electron chi connectivity index (χ2n) is 4.77. The molecule has 0 radical (unpaired) electrons. The van der Waals surface area contributed by atoms with Gasteiger partial charge in [0, 0.05) is 6.20 Å². The molecular formula is C16H13N5O3. The zero-order valence-corrected chi connectivity index (χ0v) is 12.4. The SMILES string of the molecule is O=C(NNC(=O)c1nn(-c2ccccc2)cc1O)c1ccccn1. The maximum atomic E-state index is 12.1. The Morgan fingerprint density at radius 3 is 2.38 bits per heavy atom. The Bertz CT molecular complexity index is 862. The van der Waals surface area contributed by atoms with Crippen molar-refractivity contribution in [1.29, 1.82) is 0 Å². The molecule has 2 heterocycles. The van der Waals surface area contributed by atoms with E-state index >= 15 is 0 Å². The van der Waals surface area contributed by atoms with Crippen LogP contribution in [0.1, 0.15) is 21.0 Å². The molecule has 2 aromatic heterocycles. The molecule has 0 unspecified atom stereocenters. The van der Waals surface area contributed by atoms with Crippen LogP contribution in [0.4, 0.5) is 0 Å². The summed E-state index contributed by atoms with van der Waals surface area (Å²) in [6, 6.07) is 13.8. The van der Waals surface area contributed by atoms with Gasteiger partial charge in [-0.2, -0.15) is 5.10 Å². The average Bonchev–Trinajstić information content (AvgIpc) is 3.03. The fraction of sp³-hybridized carbons (Fsp3) is 0. The monoisotopic (exact) mass is 323 g/mol. The summed E-state index contributed by atoms with van der Waals surface area (Å²) in [6.45, 7) is 0. The topological polar surface area (TPSA) is 109 Å². The zero-order valence-electron chi connectivity index (χ0n) is 12.4. The Hall–Kier alpha value is -3.68. The number of hydrogen-bond acceptors (Lipinski definition) is 5. The fourth-order valence-electron chi connectivity index (χ4n) is 1.97. The van der Waals surface area contributed by atoms with Crippen LogP contribution in [0.15, 0.2) is 60.9 Å². The first-order chi connectivity index (χ1) is 11.6. The maximum Gasteiger partial charge on any atom is 0.294 e. The number of benzene rings is 1. The molecule has 3 rings (SSSR count). The van der Waals surface area contributed by atoms with Crippen LogP contribution in [0.5, 0.6) is 5.75 Å². The van der Waals surface area contributed by atoms with Gasteiger partial charge in [-0.05, 0) is 24.3 Å². The molecule has 8 nitrogen and oxygen atoms in total. The Morgan fingerprint density at radius 1 is 0.958 bits per heavy atom. The highest BCUT2D eigenvalue weighted by Gasteiger charge is 2.18. The van der Waals surface area contributed by atoms with Crippen LogP contribution in [0.25, 0.3) is 5.69 Å². The van der Waals surface area contributed by atoms with Gasteiger partial charge in [0.05, 0.1) is 11.9 Å². The largest absolute Gasteiger partial charge is 0.504 e. The van der Waals surface area contributed by atoms with E-state index in [1.54, 1.807) is 36.4 Å². The molecule has 3 N–H and O–H groups in total. The molecular weight excluding hydrogens is 310 g/mol. The van der Waals surface area contributed by atoms with Gasteiger partial charge in [-0.1, -0.05) is 24.3 Å². The van der Waals surface area contributed by atoms with E-state index in [1.165, 1.54) is 23.1 Å². The molecule has 0 spiro atoms. The van der Waals surface area contributed by atoms with Crippen molar-refractivity contribution in [2.75, 3.05) is 0 Å². The van der Waals surface area contributed by atoms with Gasteiger partial charge in [0.1, 0.15) is 5.69 Å². The number of carbonyl (C=O) groups is 2. The summed E-state index contributed by atoms with van der Waals surface area (Å²) in [5.74, 6) is -1.62. The number of rotatable bonds is 3. The molecule has 0 aliphatic heterocycles. The van der Waals surface area contributed by atoms with E-state index < -0.39 is 11.8 Å². The standard InChI is InChI=1S/C16H13N5O3/c22-13-10-21(11-6-2-1-3-7-11)20-14(13)16(24)19-18-15(23)12-8-4-5-9-17-12/h1-10,22H,(H,18,23)(H,19,24). The summed E-state index contributed by atoms with van der Waals surface area (Å²) in [4.78, 5) is 27.7. The third kappa shape index (κ3) is 3.22. The number of pyridine rings is 1. The fourth-order valence-corrected chi connectivity index (χ4v) is 1.97. The van der Waals surface area contributed by atoms with Crippen molar-refractivity contribution in [3.05, 3.63) is 72.3 Å². The van der Waals surface area contributed by atoms with Crippen molar-refractivity contribution >= 4 is 11.8 Å². The van der Waals surface area contributed by atoms with E-state index in [1.807, 2.05) is 6.07 Å². The second kappa shape index (κ2) is 6.61. The number of nitrogens with one attached hydrogen (secondary N) is 2. The number of nitrogens with zero attached hydrogens (tertiary/aromatic N) is 3. The molecule has 24 heavy (non-hydrogen) atoms. The van der Waals surface area contributed by atoms with Gasteiger partial charge >= 0.3 is 0 Å². The highest BCUT2D eigenvalue weighted by molar-refractivity contribution is 5.98. The smallest absolute Gasteiger partial charge is 0.294 e. The van der Waals surface area contributed by atoms with Crippen LogP contribution < -0.4 is 10.9 Å². The van der Waals surface area contributed by atoms with E-state index in [2.05, 4.69) is 20.9 Å². The minimum Gasteiger partial charge on any atom is -0.504 e. The molecule has 8 heteroatoms. The van der Waals surface area contributed by atoms with Gasteiger partial charge in [0.25, 0.3) is 11.8 Å². The first-order valence-corrected chi connectivity index (χ1v) is 7.01. The molecule has 0 fully saturated rings. The molecule has 0 aliphatic carbocycles. The Kier molecular flexibility index (Phi) is 4.19. The third-order valence-corrected chi connectivity index (χ3v) is 3.12. The van der Waals surface area contributed by atoms with Crippen molar-refractivity contribution in [2.45, 2.75) is 0 Å². The summed E-state index contributed by atoms with van der Waals surface area (Å²) >= 11 is 0. The number of hydrogen-bond donors (Lipinski definition) is 3. The van der Waals surface area contributed by atoms with Crippen molar-refractivity contribution < 1.29 is 14.7 Å². The number of carbonyl (C=O) groups excluding carboxylic acids is 2. The van der Waals surface area contributed by atoms with E-state index in [-0.39, 0.29) is 17.1 Å². The van der Waals surface area contributed by atoms with Crippen molar-refractivity contribution in [1.82, 2.24) is 25.6 Å². The van der Waals surface area contributed by atoms with Gasteiger partial charge in [-0.3, -0.25) is 25.4 Å². The minimum atomic E-state index is -0.744. The number of hydrazine groups is 1. The molecule has 120 valence electrons. The third-order valence-electron chi connectivity index (χ3n) is 3.12. The first kappa shape index (κ1) is 15.2. The predicted octanol–water partition coefficient (Wildman–Crippen LogP) is 1.05. The van der Waals surface area contributed by atoms with Crippen LogP contribution in [-0.4, -0.2) is 31.7 Å². The lowest BCUT2D eigenvalue weighted by Crippen LogP contribution is -2.42. The second-order valence-corrected chi connectivity index (χ2v) is 4.77. The number of para-hydroxylation sites is 1. The van der Waals surface area contributed by atoms with Crippen molar-refractivity contribution in [3.63, 3.8) is 0 Å². The molecule has 0 bridgehead atoms. The maximum absolute atomic E-state index is 12.1. The average molecular weight is 323 g/mol. The zero-order chi connectivity index (χ0) is 16.9. The summed E-state index contributed by atoms with van der Waals surface area (Å²) < 4.78 is 1.37. The molecule has 2 amide bonds. The Balaban J connectivity index is 1.70. The lowest BCUT2D eigenvalue weighted by molar-refractivity contribution is 0.0839. The van der Waals surface area contributed by atoms with E-state index in [0.717, 1.165) is 0 Å². The van der Waals surface area contributed by atoms with Crippen molar-refractivity contribution in [2.24, 2.45) is 0 Å². The van der Waals surface area contributed by atoms with E-state index in [9.17, 15) is 14.7 Å². The number of aromatic hydroxyl groups is 1.